The molecule has 1 amide bonds. The SMILES string of the molecule is Cc1cnc(N2CCCC3(CCCN3CC(=O)N(C)C)C2)nc1.O=C(O)C(F)(F)F. The van der Waals surface area contributed by atoms with Crippen LogP contribution in [0, 0.1) is 6.92 Å². The molecule has 11 heteroatoms. The number of halogens is 3. The molecule has 3 heterocycles. The Bertz CT molecular complexity index is 742. The molecule has 1 unspecified atom stereocenters. The number of rotatable bonds is 3. The molecule has 168 valence electrons. The molecule has 0 aliphatic carbocycles. The van der Waals surface area contributed by atoms with Gasteiger partial charge in [0.2, 0.25) is 11.9 Å². The van der Waals surface area contributed by atoms with Crippen molar-refractivity contribution in [2.24, 2.45) is 0 Å². The van der Waals surface area contributed by atoms with Gasteiger partial charge in [0, 0.05) is 45.1 Å². The van der Waals surface area contributed by atoms with Gasteiger partial charge < -0.3 is 14.9 Å². The van der Waals surface area contributed by atoms with Crippen LogP contribution in [0.2, 0.25) is 0 Å². The van der Waals surface area contributed by atoms with Crippen LogP contribution in [0.4, 0.5) is 19.1 Å². The van der Waals surface area contributed by atoms with Gasteiger partial charge in [0.1, 0.15) is 0 Å². The van der Waals surface area contributed by atoms with Crippen molar-refractivity contribution in [3.63, 3.8) is 0 Å². The lowest BCUT2D eigenvalue weighted by Gasteiger charge is -2.46. The van der Waals surface area contributed by atoms with Crippen molar-refractivity contribution in [3.05, 3.63) is 18.0 Å². The first kappa shape index (κ1) is 23.8. The van der Waals surface area contributed by atoms with Crippen molar-refractivity contribution < 1.29 is 27.9 Å². The van der Waals surface area contributed by atoms with Gasteiger partial charge in [-0.2, -0.15) is 13.2 Å². The molecule has 3 rings (SSSR count). The highest BCUT2D eigenvalue weighted by Gasteiger charge is 2.45. The van der Waals surface area contributed by atoms with Crippen LogP contribution in [-0.4, -0.2) is 88.7 Å². The Balaban J connectivity index is 0.000000396. The van der Waals surface area contributed by atoms with Crippen LogP contribution in [0.5, 0.6) is 0 Å². The Morgan fingerprint density at radius 1 is 1.17 bits per heavy atom. The number of piperidine rings is 1. The van der Waals surface area contributed by atoms with E-state index >= 15 is 0 Å². The van der Waals surface area contributed by atoms with Crippen molar-refractivity contribution in [2.45, 2.75) is 44.3 Å². The molecule has 0 radical (unpaired) electrons. The molecule has 30 heavy (non-hydrogen) atoms. The Kier molecular flexibility index (Phi) is 7.62. The van der Waals surface area contributed by atoms with Crippen molar-refractivity contribution in [1.82, 2.24) is 19.8 Å². The van der Waals surface area contributed by atoms with Crippen LogP contribution in [0.1, 0.15) is 31.2 Å². The minimum Gasteiger partial charge on any atom is -0.475 e. The van der Waals surface area contributed by atoms with E-state index in [2.05, 4.69) is 19.8 Å². The Hall–Kier alpha value is -2.43. The predicted octanol–water partition coefficient (Wildman–Crippen LogP) is 1.94. The smallest absolute Gasteiger partial charge is 0.475 e. The molecule has 1 spiro atoms. The largest absolute Gasteiger partial charge is 0.490 e. The lowest BCUT2D eigenvalue weighted by atomic mass is 9.86. The Morgan fingerprint density at radius 3 is 2.20 bits per heavy atom. The van der Waals surface area contributed by atoms with Gasteiger partial charge in [-0.05, 0) is 44.7 Å². The van der Waals surface area contributed by atoms with E-state index in [1.165, 1.54) is 6.42 Å². The number of likely N-dealkylation sites (tertiary alicyclic amines) is 1. The van der Waals surface area contributed by atoms with Crippen molar-refractivity contribution in [2.75, 3.05) is 45.2 Å². The molecule has 2 aliphatic rings. The Morgan fingerprint density at radius 2 is 1.70 bits per heavy atom. The fourth-order valence-corrected chi connectivity index (χ4v) is 3.84. The summed E-state index contributed by atoms with van der Waals surface area (Å²) < 4.78 is 31.7. The molecule has 0 bridgehead atoms. The maximum absolute atomic E-state index is 12.2. The summed E-state index contributed by atoms with van der Waals surface area (Å²) >= 11 is 0. The normalized spacial score (nSPS) is 21.9. The lowest BCUT2D eigenvalue weighted by Crippen LogP contribution is -2.57. The van der Waals surface area contributed by atoms with Crippen LogP contribution < -0.4 is 4.90 Å². The maximum Gasteiger partial charge on any atom is 0.490 e. The number of nitrogens with zero attached hydrogens (tertiary/aromatic N) is 5. The number of aryl methyl sites for hydroxylation is 1. The van der Waals surface area contributed by atoms with Gasteiger partial charge in [-0.3, -0.25) is 9.69 Å². The van der Waals surface area contributed by atoms with E-state index < -0.39 is 12.1 Å². The number of amides is 1. The topological polar surface area (TPSA) is 89.9 Å². The highest BCUT2D eigenvalue weighted by molar-refractivity contribution is 5.77. The van der Waals surface area contributed by atoms with Crippen LogP contribution in [-0.2, 0) is 9.59 Å². The first-order valence-electron chi connectivity index (χ1n) is 9.73. The first-order chi connectivity index (χ1) is 13.9. The zero-order chi connectivity index (χ0) is 22.5. The highest BCUT2D eigenvalue weighted by atomic mass is 19.4. The van der Waals surface area contributed by atoms with Crippen LogP contribution >= 0.6 is 0 Å². The van der Waals surface area contributed by atoms with Crippen LogP contribution in [0.25, 0.3) is 0 Å². The molecule has 1 aromatic rings. The molecule has 2 aliphatic heterocycles. The lowest BCUT2D eigenvalue weighted by molar-refractivity contribution is -0.192. The van der Waals surface area contributed by atoms with E-state index in [4.69, 9.17) is 9.90 Å². The van der Waals surface area contributed by atoms with E-state index in [1.807, 2.05) is 33.4 Å². The van der Waals surface area contributed by atoms with Gasteiger partial charge in [-0.1, -0.05) is 0 Å². The van der Waals surface area contributed by atoms with Gasteiger partial charge >= 0.3 is 12.1 Å². The second kappa shape index (κ2) is 9.59. The second-order valence-electron chi connectivity index (χ2n) is 7.93. The third-order valence-corrected chi connectivity index (χ3v) is 5.41. The molecule has 0 aromatic carbocycles. The van der Waals surface area contributed by atoms with Crippen molar-refractivity contribution >= 4 is 17.8 Å². The molecule has 1 atom stereocenters. The summed E-state index contributed by atoms with van der Waals surface area (Å²) in [6.45, 7) is 5.47. The average molecular weight is 431 g/mol. The quantitative estimate of drug-likeness (QED) is 0.782. The molecule has 2 fully saturated rings. The fourth-order valence-electron chi connectivity index (χ4n) is 3.84. The molecule has 2 saturated heterocycles. The first-order valence-corrected chi connectivity index (χ1v) is 9.73. The zero-order valence-electron chi connectivity index (χ0n) is 17.4. The number of carbonyl (C=O) groups is 2. The third-order valence-electron chi connectivity index (χ3n) is 5.41. The predicted molar refractivity (Wildman–Crippen MR) is 104 cm³/mol. The summed E-state index contributed by atoms with van der Waals surface area (Å²) in [5, 5.41) is 7.12. The van der Waals surface area contributed by atoms with Gasteiger partial charge in [-0.25, -0.2) is 14.8 Å². The molecule has 0 saturated carbocycles. The highest BCUT2D eigenvalue weighted by Crippen LogP contribution is 2.37. The monoisotopic (exact) mass is 431 g/mol. The minimum absolute atomic E-state index is 0.109. The number of carboxylic acid groups (broad SMARTS) is 1. The summed E-state index contributed by atoms with van der Waals surface area (Å²) in [6, 6.07) is 0. The maximum atomic E-state index is 12.2. The number of alkyl halides is 3. The van der Waals surface area contributed by atoms with Gasteiger partial charge in [0.25, 0.3) is 0 Å². The molecule has 1 N–H and O–H groups in total. The van der Waals surface area contributed by atoms with Gasteiger partial charge in [0.15, 0.2) is 0 Å². The molecule has 8 nitrogen and oxygen atoms in total. The van der Waals surface area contributed by atoms with E-state index in [0.29, 0.717) is 6.54 Å². The number of anilines is 1. The van der Waals surface area contributed by atoms with E-state index in [-0.39, 0.29) is 11.4 Å². The third kappa shape index (κ3) is 6.04. The number of carboxylic acids is 1. The molecular weight excluding hydrogens is 403 g/mol. The number of likely N-dealkylation sites (N-methyl/N-ethyl adjacent to an activating group) is 1. The van der Waals surface area contributed by atoms with E-state index in [1.54, 1.807) is 4.90 Å². The van der Waals surface area contributed by atoms with Crippen molar-refractivity contribution in [1.29, 1.82) is 0 Å². The molecule has 1 aromatic heterocycles. The minimum atomic E-state index is -5.08. The van der Waals surface area contributed by atoms with Crippen LogP contribution in [0.3, 0.4) is 0 Å². The van der Waals surface area contributed by atoms with Crippen molar-refractivity contribution in [3.8, 4) is 0 Å². The average Bonchev–Trinajstić information content (AvgIpc) is 3.03. The van der Waals surface area contributed by atoms with E-state index in [9.17, 15) is 18.0 Å². The van der Waals surface area contributed by atoms with Crippen LogP contribution in [0.15, 0.2) is 12.4 Å². The van der Waals surface area contributed by atoms with E-state index in [0.717, 1.165) is 50.4 Å². The summed E-state index contributed by atoms with van der Waals surface area (Å²) in [7, 11) is 3.66. The van der Waals surface area contributed by atoms with Gasteiger partial charge in [-0.15, -0.1) is 0 Å². The fraction of sp³-hybridized carbons (Fsp3) is 0.684. The summed E-state index contributed by atoms with van der Waals surface area (Å²) in [5.74, 6) is -1.75. The number of aromatic nitrogens is 2. The number of hydrogen-bond donors (Lipinski definition) is 1. The number of hydrogen-bond acceptors (Lipinski definition) is 6. The Labute approximate surface area is 173 Å². The zero-order valence-corrected chi connectivity index (χ0v) is 17.4. The number of aliphatic carboxylic acids is 1. The van der Waals surface area contributed by atoms with Gasteiger partial charge in [0.05, 0.1) is 6.54 Å². The standard InChI is InChI=1S/C17H27N5O.C2HF3O2/c1-14-10-18-16(19-11-14)21-8-4-6-17(13-21)7-5-9-22(17)12-15(23)20(2)3;3-2(4,5)1(6)7/h10-11H,4-9,12-13H2,1-3H3;(H,6,7). The summed E-state index contributed by atoms with van der Waals surface area (Å²) in [6.07, 6.45) is 3.30. The second-order valence-corrected chi connectivity index (χ2v) is 7.93. The molecular formula is C19H28F3N5O3. The summed E-state index contributed by atoms with van der Waals surface area (Å²) in [4.78, 5) is 36.4. The number of carbonyl (C=O) groups excluding carboxylic acids is 1. The summed E-state index contributed by atoms with van der Waals surface area (Å²) in [5.41, 5.74) is 1.19.